The van der Waals surface area contributed by atoms with Gasteiger partial charge in [-0.2, -0.15) is 0 Å². The molecular weight excluding hydrogens is 298 g/mol. The van der Waals surface area contributed by atoms with Crippen LogP contribution >= 0.6 is 0 Å². The molecule has 1 N–H and O–H groups in total. The highest BCUT2D eigenvalue weighted by atomic mass is 16.5. The summed E-state index contributed by atoms with van der Waals surface area (Å²) < 4.78 is 16.3. The van der Waals surface area contributed by atoms with Crippen LogP contribution in [0.2, 0.25) is 0 Å². The predicted octanol–water partition coefficient (Wildman–Crippen LogP) is 1.63. The van der Waals surface area contributed by atoms with E-state index in [1.54, 1.807) is 7.11 Å². The lowest BCUT2D eigenvalue weighted by molar-refractivity contribution is -0.149. The summed E-state index contributed by atoms with van der Waals surface area (Å²) >= 11 is 0. The van der Waals surface area contributed by atoms with Crippen molar-refractivity contribution in [1.29, 1.82) is 0 Å². The summed E-state index contributed by atoms with van der Waals surface area (Å²) in [5, 5.41) is 9.59. The van der Waals surface area contributed by atoms with Gasteiger partial charge < -0.3 is 19.3 Å². The average Bonchev–Trinajstić information content (AvgIpc) is 3.06. The molecule has 1 aromatic carbocycles. The second-order valence-corrected chi connectivity index (χ2v) is 6.26. The average molecular weight is 321 g/mol. The lowest BCUT2D eigenvalue weighted by Gasteiger charge is -2.22. The van der Waals surface area contributed by atoms with Crippen molar-refractivity contribution < 1.29 is 24.1 Å². The first-order valence-electron chi connectivity index (χ1n) is 7.92. The highest BCUT2D eigenvalue weighted by Gasteiger charge is 2.55. The van der Waals surface area contributed by atoms with E-state index in [1.165, 1.54) is 0 Å². The number of hydrogen-bond donors (Lipinski definition) is 1. The first kappa shape index (κ1) is 16.1. The number of methoxy groups -OCH3 is 1. The third-order valence-electron chi connectivity index (χ3n) is 4.80. The predicted molar refractivity (Wildman–Crippen MR) is 83.8 cm³/mol. The smallest absolute Gasteiger partial charge is 0.313 e. The molecule has 1 unspecified atom stereocenters. The molecule has 23 heavy (non-hydrogen) atoms. The van der Waals surface area contributed by atoms with E-state index in [0.29, 0.717) is 38.7 Å². The van der Waals surface area contributed by atoms with E-state index in [1.807, 2.05) is 25.1 Å². The molecule has 0 saturated carbocycles. The maximum Gasteiger partial charge on any atom is 0.313 e. The SMILES string of the molecule is CCOc1ccc(CN2CC3COC[C@]3(C(=O)O)C2)cc1OC. The van der Waals surface area contributed by atoms with Crippen molar-refractivity contribution in [3.05, 3.63) is 23.8 Å². The molecule has 0 aliphatic carbocycles. The molecule has 0 amide bonds. The number of carboxylic acid groups (broad SMARTS) is 1. The van der Waals surface area contributed by atoms with Gasteiger partial charge in [0.1, 0.15) is 5.41 Å². The zero-order chi connectivity index (χ0) is 16.4. The first-order chi connectivity index (χ1) is 11.1. The van der Waals surface area contributed by atoms with Crippen LogP contribution in [0.25, 0.3) is 0 Å². The van der Waals surface area contributed by atoms with E-state index in [9.17, 15) is 9.90 Å². The van der Waals surface area contributed by atoms with Crippen molar-refractivity contribution in [2.24, 2.45) is 11.3 Å². The van der Waals surface area contributed by atoms with Crippen LogP contribution in [-0.4, -0.2) is 56.0 Å². The minimum atomic E-state index is -0.744. The van der Waals surface area contributed by atoms with Crippen molar-refractivity contribution in [2.75, 3.05) is 40.0 Å². The van der Waals surface area contributed by atoms with E-state index in [2.05, 4.69) is 4.90 Å². The van der Waals surface area contributed by atoms with Crippen LogP contribution in [-0.2, 0) is 16.1 Å². The lowest BCUT2D eigenvalue weighted by Crippen LogP contribution is -2.38. The number of likely N-dealkylation sites (tertiary alicyclic amines) is 1. The molecule has 126 valence electrons. The van der Waals surface area contributed by atoms with E-state index in [0.717, 1.165) is 17.9 Å². The summed E-state index contributed by atoms with van der Waals surface area (Å²) in [5.41, 5.74) is 0.349. The fraction of sp³-hybridized carbons (Fsp3) is 0.588. The van der Waals surface area contributed by atoms with Gasteiger partial charge in [-0.3, -0.25) is 9.69 Å². The van der Waals surface area contributed by atoms with E-state index in [4.69, 9.17) is 14.2 Å². The Morgan fingerprint density at radius 1 is 1.48 bits per heavy atom. The van der Waals surface area contributed by atoms with E-state index < -0.39 is 11.4 Å². The number of carbonyl (C=O) groups is 1. The molecule has 2 aliphatic heterocycles. The fourth-order valence-corrected chi connectivity index (χ4v) is 3.61. The van der Waals surface area contributed by atoms with Gasteiger partial charge in [0.25, 0.3) is 0 Å². The van der Waals surface area contributed by atoms with Crippen molar-refractivity contribution in [2.45, 2.75) is 13.5 Å². The zero-order valence-electron chi connectivity index (χ0n) is 13.6. The molecule has 0 aromatic heterocycles. The van der Waals surface area contributed by atoms with E-state index in [-0.39, 0.29) is 5.92 Å². The Morgan fingerprint density at radius 2 is 2.30 bits per heavy atom. The number of carboxylic acids is 1. The third kappa shape index (κ3) is 2.88. The Kier molecular flexibility index (Phi) is 4.46. The van der Waals surface area contributed by atoms with Crippen molar-refractivity contribution in [3.8, 4) is 11.5 Å². The van der Waals surface area contributed by atoms with Gasteiger partial charge in [0.15, 0.2) is 11.5 Å². The number of aliphatic carboxylic acids is 1. The Bertz CT molecular complexity index is 590. The van der Waals surface area contributed by atoms with Crippen LogP contribution in [0.1, 0.15) is 12.5 Å². The molecule has 0 bridgehead atoms. The molecule has 1 aromatic rings. The third-order valence-corrected chi connectivity index (χ3v) is 4.80. The van der Waals surface area contributed by atoms with Gasteiger partial charge in [-0.15, -0.1) is 0 Å². The van der Waals surface area contributed by atoms with Gasteiger partial charge >= 0.3 is 5.97 Å². The number of rotatable bonds is 6. The largest absolute Gasteiger partial charge is 0.493 e. The van der Waals surface area contributed by atoms with Gasteiger partial charge in [-0.25, -0.2) is 0 Å². The number of fused-ring (bicyclic) bond motifs is 1. The molecule has 0 radical (unpaired) electrons. The Morgan fingerprint density at radius 3 is 2.96 bits per heavy atom. The minimum Gasteiger partial charge on any atom is -0.493 e. The normalized spacial score (nSPS) is 27.0. The van der Waals surface area contributed by atoms with E-state index >= 15 is 0 Å². The Hall–Kier alpha value is -1.79. The van der Waals surface area contributed by atoms with Crippen LogP contribution in [0.3, 0.4) is 0 Å². The zero-order valence-corrected chi connectivity index (χ0v) is 13.6. The summed E-state index contributed by atoms with van der Waals surface area (Å²) in [4.78, 5) is 13.9. The first-order valence-corrected chi connectivity index (χ1v) is 7.92. The van der Waals surface area contributed by atoms with Crippen molar-refractivity contribution >= 4 is 5.97 Å². The molecule has 0 spiro atoms. The summed E-state index contributed by atoms with van der Waals surface area (Å²) in [6, 6.07) is 5.87. The molecule has 2 heterocycles. The molecule has 2 aliphatic rings. The van der Waals surface area contributed by atoms with Crippen LogP contribution in [0.15, 0.2) is 18.2 Å². The molecule has 2 atom stereocenters. The quantitative estimate of drug-likeness (QED) is 0.859. The summed E-state index contributed by atoms with van der Waals surface area (Å²) in [6.07, 6.45) is 0. The monoisotopic (exact) mass is 321 g/mol. The highest BCUT2D eigenvalue weighted by molar-refractivity contribution is 5.76. The number of nitrogens with zero attached hydrogens (tertiary/aromatic N) is 1. The standard InChI is InChI=1S/C17H23NO5/c1-3-23-14-5-4-12(6-15(14)21-2)7-18-8-13-9-22-11-17(13,10-18)16(19)20/h4-6,13H,3,7-11H2,1-2H3,(H,19,20)/t13?,17-/m1/s1. The van der Waals surface area contributed by atoms with Crippen LogP contribution < -0.4 is 9.47 Å². The minimum absolute atomic E-state index is 0.0737. The number of hydrogen-bond acceptors (Lipinski definition) is 5. The van der Waals surface area contributed by atoms with Crippen LogP contribution in [0, 0.1) is 11.3 Å². The molecular formula is C17H23NO5. The molecule has 2 saturated heterocycles. The fourth-order valence-electron chi connectivity index (χ4n) is 3.61. The summed E-state index contributed by atoms with van der Waals surface area (Å²) in [5.74, 6) is 0.767. The number of ether oxygens (including phenoxy) is 3. The molecule has 6 heteroatoms. The Labute approximate surface area is 135 Å². The molecule has 6 nitrogen and oxygen atoms in total. The highest BCUT2D eigenvalue weighted by Crippen LogP contribution is 2.42. The Balaban J connectivity index is 1.72. The summed E-state index contributed by atoms with van der Waals surface area (Å²) in [7, 11) is 1.62. The van der Waals surface area contributed by atoms with Crippen LogP contribution in [0.5, 0.6) is 11.5 Å². The topological polar surface area (TPSA) is 68.2 Å². The van der Waals surface area contributed by atoms with Gasteiger partial charge in [0.05, 0.1) is 26.9 Å². The van der Waals surface area contributed by atoms with Gasteiger partial charge in [-0.1, -0.05) is 6.07 Å². The second-order valence-electron chi connectivity index (χ2n) is 6.26. The van der Waals surface area contributed by atoms with Gasteiger partial charge in [0, 0.05) is 25.6 Å². The second kappa shape index (κ2) is 6.37. The van der Waals surface area contributed by atoms with Crippen molar-refractivity contribution in [3.63, 3.8) is 0 Å². The lowest BCUT2D eigenvalue weighted by atomic mass is 9.81. The van der Waals surface area contributed by atoms with Gasteiger partial charge in [0.2, 0.25) is 0 Å². The van der Waals surface area contributed by atoms with Crippen LogP contribution in [0.4, 0.5) is 0 Å². The number of benzene rings is 1. The van der Waals surface area contributed by atoms with Gasteiger partial charge in [-0.05, 0) is 24.6 Å². The molecule has 3 rings (SSSR count). The maximum atomic E-state index is 11.7. The molecule has 2 fully saturated rings. The van der Waals surface area contributed by atoms with Crippen molar-refractivity contribution in [1.82, 2.24) is 4.90 Å². The summed E-state index contributed by atoms with van der Waals surface area (Å²) in [6.45, 7) is 5.36. The maximum absolute atomic E-state index is 11.7.